The minimum absolute atomic E-state index is 0.0702. The Morgan fingerprint density at radius 3 is 2.66 bits per heavy atom. The molecule has 2 heterocycles. The number of guanidine groups is 1. The first-order valence-electron chi connectivity index (χ1n) is 10.1. The van der Waals surface area contributed by atoms with Crippen molar-refractivity contribution in [3.63, 3.8) is 0 Å². The third-order valence-corrected chi connectivity index (χ3v) is 4.97. The van der Waals surface area contributed by atoms with Crippen LogP contribution in [0.4, 0.5) is 4.39 Å². The molecule has 1 saturated heterocycles. The largest absolute Gasteiger partial charge is 0.489 e. The molecule has 1 aromatic carbocycles. The summed E-state index contributed by atoms with van der Waals surface area (Å²) in [7, 11) is 1.77. The van der Waals surface area contributed by atoms with Crippen LogP contribution in [0.1, 0.15) is 25.5 Å². The molecule has 0 spiro atoms. The van der Waals surface area contributed by atoms with Gasteiger partial charge in [-0.3, -0.25) is 14.9 Å². The monoisotopic (exact) mass is 399 g/mol. The molecule has 2 N–H and O–H groups in total. The average Bonchev–Trinajstić information content (AvgIpc) is 2.75. The molecule has 3 rings (SSSR count). The molecule has 1 fully saturated rings. The Morgan fingerprint density at radius 2 is 2.00 bits per heavy atom. The maximum atomic E-state index is 13.0. The van der Waals surface area contributed by atoms with Crippen molar-refractivity contribution in [2.45, 2.75) is 38.5 Å². The van der Waals surface area contributed by atoms with Gasteiger partial charge in [0.05, 0.1) is 12.2 Å². The van der Waals surface area contributed by atoms with Crippen LogP contribution in [-0.4, -0.2) is 54.7 Å². The summed E-state index contributed by atoms with van der Waals surface area (Å²) in [6.45, 7) is 5.55. The van der Waals surface area contributed by atoms with Crippen molar-refractivity contribution in [2.75, 3.05) is 26.7 Å². The molecule has 0 amide bonds. The third kappa shape index (κ3) is 7.02. The molecule has 0 radical (unpaired) electrons. The molecule has 0 aliphatic carbocycles. The van der Waals surface area contributed by atoms with E-state index in [1.165, 1.54) is 12.1 Å². The molecule has 0 bridgehead atoms. The highest BCUT2D eigenvalue weighted by molar-refractivity contribution is 5.80. The molecule has 1 unspecified atom stereocenters. The summed E-state index contributed by atoms with van der Waals surface area (Å²) in [6, 6.07) is 12.5. The Hall–Kier alpha value is -2.67. The van der Waals surface area contributed by atoms with Gasteiger partial charge in [-0.15, -0.1) is 0 Å². The lowest BCUT2D eigenvalue weighted by Gasteiger charge is -2.33. The number of pyridine rings is 1. The maximum absolute atomic E-state index is 13.0. The quantitative estimate of drug-likeness (QED) is 0.554. The fourth-order valence-corrected chi connectivity index (χ4v) is 3.37. The lowest BCUT2D eigenvalue weighted by Crippen LogP contribution is -2.49. The van der Waals surface area contributed by atoms with E-state index in [0.717, 1.165) is 44.1 Å². The Labute approximate surface area is 172 Å². The van der Waals surface area contributed by atoms with Crippen LogP contribution in [0.2, 0.25) is 0 Å². The zero-order valence-corrected chi connectivity index (χ0v) is 17.1. The van der Waals surface area contributed by atoms with E-state index in [0.29, 0.717) is 18.3 Å². The molecule has 7 heteroatoms. The first-order valence-corrected chi connectivity index (χ1v) is 10.1. The van der Waals surface area contributed by atoms with Crippen LogP contribution >= 0.6 is 0 Å². The first-order chi connectivity index (χ1) is 14.1. The van der Waals surface area contributed by atoms with Gasteiger partial charge >= 0.3 is 0 Å². The van der Waals surface area contributed by atoms with E-state index in [-0.39, 0.29) is 11.9 Å². The fraction of sp³-hybridized carbons (Fsp3) is 0.455. The molecule has 1 aromatic heterocycles. The number of nitrogens with one attached hydrogen (secondary N) is 2. The molecule has 1 aliphatic heterocycles. The zero-order valence-electron chi connectivity index (χ0n) is 17.1. The smallest absolute Gasteiger partial charge is 0.191 e. The molecule has 156 valence electrons. The van der Waals surface area contributed by atoms with Gasteiger partial charge in [-0.25, -0.2) is 4.39 Å². The van der Waals surface area contributed by atoms with Gasteiger partial charge in [-0.05, 0) is 56.2 Å². The van der Waals surface area contributed by atoms with Gasteiger partial charge in [-0.1, -0.05) is 6.07 Å². The number of hydrogen-bond donors (Lipinski definition) is 2. The summed E-state index contributed by atoms with van der Waals surface area (Å²) in [4.78, 5) is 11.2. The normalized spacial score (nSPS) is 17.0. The summed E-state index contributed by atoms with van der Waals surface area (Å²) in [6.07, 6.45) is 3.91. The van der Waals surface area contributed by atoms with Gasteiger partial charge in [0.25, 0.3) is 0 Å². The van der Waals surface area contributed by atoms with E-state index in [1.807, 2.05) is 25.3 Å². The van der Waals surface area contributed by atoms with Crippen LogP contribution in [0.25, 0.3) is 0 Å². The van der Waals surface area contributed by atoms with Gasteiger partial charge < -0.3 is 15.4 Å². The Bertz CT molecular complexity index is 761. The van der Waals surface area contributed by atoms with Crippen LogP contribution < -0.4 is 15.4 Å². The van der Waals surface area contributed by atoms with E-state index >= 15 is 0 Å². The minimum atomic E-state index is -0.265. The highest BCUT2D eigenvalue weighted by atomic mass is 19.1. The maximum Gasteiger partial charge on any atom is 0.191 e. The lowest BCUT2D eigenvalue weighted by atomic mass is 10.0. The number of aromatic nitrogens is 1. The van der Waals surface area contributed by atoms with E-state index in [1.54, 1.807) is 19.2 Å². The zero-order chi connectivity index (χ0) is 20.5. The number of halogens is 1. The van der Waals surface area contributed by atoms with E-state index in [4.69, 9.17) is 4.74 Å². The lowest BCUT2D eigenvalue weighted by molar-refractivity contribution is 0.195. The topological polar surface area (TPSA) is 61.8 Å². The molecular weight excluding hydrogens is 369 g/mol. The highest BCUT2D eigenvalue weighted by Crippen LogP contribution is 2.14. The summed E-state index contributed by atoms with van der Waals surface area (Å²) < 4.78 is 18.8. The molecule has 2 aromatic rings. The van der Waals surface area contributed by atoms with Crippen molar-refractivity contribution in [1.29, 1.82) is 0 Å². The number of ether oxygens (including phenoxy) is 1. The Kier molecular flexibility index (Phi) is 7.81. The SMILES string of the molecule is CN=C(NCC(C)Oc1ccc(F)cc1)NC1CCN(Cc2ccccn2)CC1. The van der Waals surface area contributed by atoms with Gasteiger partial charge in [0.1, 0.15) is 17.7 Å². The number of hydrogen-bond acceptors (Lipinski definition) is 4. The molecule has 29 heavy (non-hydrogen) atoms. The molecule has 1 atom stereocenters. The van der Waals surface area contributed by atoms with Crippen molar-refractivity contribution in [3.05, 3.63) is 60.2 Å². The van der Waals surface area contributed by atoms with Gasteiger partial charge in [-0.2, -0.15) is 0 Å². The van der Waals surface area contributed by atoms with Crippen molar-refractivity contribution in [3.8, 4) is 5.75 Å². The van der Waals surface area contributed by atoms with Crippen molar-refractivity contribution >= 4 is 5.96 Å². The summed E-state index contributed by atoms with van der Waals surface area (Å²) >= 11 is 0. The summed E-state index contributed by atoms with van der Waals surface area (Å²) in [5.74, 6) is 1.17. The highest BCUT2D eigenvalue weighted by Gasteiger charge is 2.20. The second-order valence-electron chi connectivity index (χ2n) is 7.35. The number of nitrogens with zero attached hydrogens (tertiary/aromatic N) is 3. The predicted molar refractivity (Wildman–Crippen MR) is 114 cm³/mol. The number of aliphatic imine (C=N–C) groups is 1. The third-order valence-electron chi connectivity index (χ3n) is 4.97. The Balaban J connectivity index is 1.37. The Morgan fingerprint density at radius 1 is 1.24 bits per heavy atom. The van der Waals surface area contributed by atoms with Gasteiger partial charge in [0.15, 0.2) is 5.96 Å². The minimum Gasteiger partial charge on any atom is -0.489 e. The van der Waals surface area contributed by atoms with Crippen LogP contribution in [0, 0.1) is 5.82 Å². The van der Waals surface area contributed by atoms with Crippen LogP contribution in [-0.2, 0) is 6.54 Å². The molecular formula is C22H30FN5O. The van der Waals surface area contributed by atoms with Crippen molar-refractivity contribution in [1.82, 2.24) is 20.5 Å². The molecule has 0 saturated carbocycles. The predicted octanol–water partition coefficient (Wildman–Crippen LogP) is 2.82. The number of rotatable bonds is 7. The van der Waals surface area contributed by atoms with E-state index in [9.17, 15) is 4.39 Å². The summed E-state index contributed by atoms with van der Waals surface area (Å²) in [5, 5.41) is 6.82. The number of piperidine rings is 1. The van der Waals surface area contributed by atoms with Crippen LogP contribution in [0.5, 0.6) is 5.75 Å². The van der Waals surface area contributed by atoms with E-state index < -0.39 is 0 Å². The van der Waals surface area contributed by atoms with Gasteiger partial charge in [0.2, 0.25) is 0 Å². The number of benzene rings is 1. The van der Waals surface area contributed by atoms with Crippen LogP contribution in [0.3, 0.4) is 0 Å². The second-order valence-corrected chi connectivity index (χ2v) is 7.35. The number of likely N-dealkylation sites (tertiary alicyclic amines) is 1. The first kappa shape index (κ1) is 21.0. The fourth-order valence-electron chi connectivity index (χ4n) is 3.37. The van der Waals surface area contributed by atoms with Crippen molar-refractivity contribution < 1.29 is 9.13 Å². The van der Waals surface area contributed by atoms with Crippen LogP contribution in [0.15, 0.2) is 53.7 Å². The van der Waals surface area contributed by atoms with E-state index in [2.05, 4.69) is 31.6 Å². The molecule has 1 aliphatic rings. The van der Waals surface area contributed by atoms with Crippen molar-refractivity contribution in [2.24, 2.45) is 4.99 Å². The average molecular weight is 400 g/mol. The standard InChI is InChI=1S/C22H30FN5O/c1-17(29-21-8-6-18(23)7-9-21)15-26-22(24-2)27-19-10-13-28(14-11-19)16-20-5-3-4-12-25-20/h3-9,12,17,19H,10-11,13-16H2,1-2H3,(H2,24,26,27). The van der Waals surface area contributed by atoms with Gasteiger partial charge in [0, 0.05) is 38.9 Å². The molecule has 6 nitrogen and oxygen atoms in total. The summed E-state index contributed by atoms with van der Waals surface area (Å²) in [5.41, 5.74) is 1.12. The second kappa shape index (κ2) is 10.8.